The monoisotopic (exact) mass is 395 g/mol. The summed E-state index contributed by atoms with van der Waals surface area (Å²) < 4.78 is 44.2. The topological polar surface area (TPSA) is 81.3 Å². The first kappa shape index (κ1) is 18.8. The largest absolute Gasteiger partial charge is 0.507 e. The van der Waals surface area contributed by atoms with Crippen LogP contribution in [0, 0.1) is 0 Å². The number of hydrogen-bond acceptors (Lipinski definition) is 5. The van der Waals surface area contributed by atoms with Crippen molar-refractivity contribution in [3.05, 3.63) is 64.8 Å². The lowest BCUT2D eigenvalue weighted by Gasteiger charge is -2.11. The predicted molar refractivity (Wildman–Crippen MR) is 94.3 cm³/mol. The molecule has 0 amide bonds. The maximum atomic E-state index is 12.9. The zero-order valence-corrected chi connectivity index (χ0v) is 14.4. The van der Waals surface area contributed by atoms with E-state index in [9.17, 15) is 18.3 Å². The van der Waals surface area contributed by atoms with E-state index in [4.69, 9.17) is 22.1 Å². The van der Waals surface area contributed by atoms with E-state index in [1.165, 1.54) is 18.2 Å². The van der Waals surface area contributed by atoms with Crippen molar-refractivity contribution in [1.29, 1.82) is 0 Å². The average Bonchev–Trinajstić information content (AvgIpc) is 2.60. The second kappa shape index (κ2) is 7.32. The van der Waals surface area contributed by atoms with Gasteiger partial charge in [-0.1, -0.05) is 23.7 Å². The van der Waals surface area contributed by atoms with Crippen LogP contribution in [0.3, 0.4) is 0 Å². The summed E-state index contributed by atoms with van der Waals surface area (Å²) in [6, 6.07) is 11.9. The first-order chi connectivity index (χ1) is 12.7. The van der Waals surface area contributed by atoms with Crippen LogP contribution in [0.4, 0.5) is 19.1 Å². The molecule has 0 radical (unpaired) electrons. The number of aromatic nitrogens is 2. The molecule has 0 saturated heterocycles. The summed E-state index contributed by atoms with van der Waals surface area (Å²) in [5.41, 5.74) is 4.97. The summed E-state index contributed by atoms with van der Waals surface area (Å²) in [5, 5.41) is 10.8. The molecule has 0 aliphatic carbocycles. The molecule has 0 saturated carbocycles. The van der Waals surface area contributed by atoms with E-state index in [1.54, 1.807) is 24.3 Å². The number of halogens is 4. The van der Waals surface area contributed by atoms with Crippen LogP contribution in [0.25, 0.3) is 11.3 Å². The molecule has 0 bridgehead atoms. The van der Waals surface area contributed by atoms with Gasteiger partial charge >= 0.3 is 6.18 Å². The van der Waals surface area contributed by atoms with Crippen LogP contribution in [0.2, 0.25) is 5.02 Å². The van der Waals surface area contributed by atoms with Gasteiger partial charge in [0, 0.05) is 16.7 Å². The van der Waals surface area contributed by atoms with Crippen molar-refractivity contribution in [3.63, 3.8) is 0 Å². The van der Waals surface area contributed by atoms with E-state index >= 15 is 0 Å². The summed E-state index contributed by atoms with van der Waals surface area (Å²) in [5.74, 6) is -0.499. The fourth-order valence-corrected chi connectivity index (χ4v) is 2.44. The molecule has 3 N–H and O–H groups in total. The third-order valence-corrected chi connectivity index (χ3v) is 3.85. The van der Waals surface area contributed by atoms with Gasteiger partial charge in [-0.3, -0.25) is 0 Å². The van der Waals surface area contributed by atoms with Crippen molar-refractivity contribution in [3.8, 4) is 22.8 Å². The van der Waals surface area contributed by atoms with Gasteiger partial charge in [0.05, 0.1) is 5.69 Å². The number of nitrogen functional groups attached to an aromatic ring is 1. The molecule has 0 aliphatic heterocycles. The van der Waals surface area contributed by atoms with Crippen molar-refractivity contribution in [2.75, 3.05) is 5.73 Å². The molecule has 3 aromatic rings. The van der Waals surface area contributed by atoms with Gasteiger partial charge in [-0.05, 0) is 35.9 Å². The average molecular weight is 396 g/mol. The molecule has 0 spiro atoms. The van der Waals surface area contributed by atoms with Gasteiger partial charge in [0.25, 0.3) is 0 Å². The van der Waals surface area contributed by atoms with Gasteiger partial charge < -0.3 is 15.6 Å². The second-order valence-corrected chi connectivity index (χ2v) is 6.02. The van der Waals surface area contributed by atoms with Crippen LogP contribution in [0.1, 0.15) is 11.3 Å². The fourth-order valence-electron chi connectivity index (χ4n) is 2.31. The van der Waals surface area contributed by atoms with Gasteiger partial charge in [-0.25, -0.2) is 9.97 Å². The summed E-state index contributed by atoms with van der Waals surface area (Å²) in [4.78, 5) is 6.94. The highest BCUT2D eigenvalue weighted by Crippen LogP contribution is 2.35. The lowest BCUT2D eigenvalue weighted by Crippen LogP contribution is -2.11. The van der Waals surface area contributed by atoms with E-state index in [0.717, 1.165) is 11.6 Å². The van der Waals surface area contributed by atoms with E-state index in [2.05, 4.69) is 9.97 Å². The minimum Gasteiger partial charge on any atom is -0.507 e. The fraction of sp³-hybridized carbons (Fsp3) is 0.111. The molecule has 0 atom stereocenters. The molecule has 140 valence electrons. The normalized spacial score (nSPS) is 11.4. The molecule has 3 rings (SSSR count). The highest BCUT2D eigenvalue weighted by Gasteiger charge is 2.33. The predicted octanol–water partition coefficient (Wildman–Crippen LogP) is 4.68. The first-order valence-electron chi connectivity index (χ1n) is 7.65. The van der Waals surface area contributed by atoms with Crippen LogP contribution in [-0.2, 0) is 12.8 Å². The molecule has 0 unspecified atom stereocenters. The third-order valence-electron chi connectivity index (χ3n) is 3.60. The van der Waals surface area contributed by atoms with Crippen LogP contribution in [0.5, 0.6) is 11.5 Å². The Labute approximate surface area is 157 Å². The molecular formula is C18H13ClF3N3O2. The van der Waals surface area contributed by atoms with Gasteiger partial charge in [0.2, 0.25) is 5.95 Å². The Hall–Kier alpha value is -3.00. The molecule has 0 aliphatic rings. The summed E-state index contributed by atoms with van der Waals surface area (Å²) >= 11 is 5.81. The standard InChI is InChI=1S/C18H13ClF3N3O2/c19-11-3-1-10(2-4-11)9-27-12-5-6-13(15(26)7-12)14-8-16(18(20,21)22)25-17(23)24-14/h1-8,26H,9H2,(H2,23,24,25). The minimum absolute atomic E-state index is 0.0773. The summed E-state index contributed by atoms with van der Waals surface area (Å²) in [7, 11) is 0. The second-order valence-electron chi connectivity index (χ2n) is 5.59. The molecular weight excluding hydrogens is 383 g/mol. The van der Waals surface area contributed by atoms with E-state index < -0.39 is 17.8 Å². The molecule has 0 fully saturated rings. The van der Waals surface area contributed by atoms with Gasteiger partial charge in [-0.2, -0.15) is 13.2 Å². The minimum atomic E-state index is -4.68. The van der Waals surface area contributed by atoms with Crippen molar-refractivity contribution in [2.24, 2.45) is 0 Å². The smallest absolute Gasteiger partial charge is 0.433 e. The molecule has 1 heterocycles. The lowest BCUT2D eigenvalue weighted by molar-refractivity contribution is -0.141. The number of nitrogens with zero attached hydrogens (tertiary/aromatic N) is 2. The lowest BCUT2D eigenvalue weighted by atomic mass is 10.1. The number of phenols is 1. The highest BCUT2D eigenvalue weighted by molar-refractivity contribution is 6.30. The van der Waals surface area contributed by atoms with Crippen molar-refractivity contribution >= 4 is 17.5 Å². The zero-order chi connectivity index (χ0) is 19.6. The zero-order valence-electron chi connectivity index (χ0n) is 13.7. The Kier molecular flexibility index (Phi) is 5.09. The van der Waals surface area contributed by atoms with Crippen molar-refractivity contribution in [1.82, 2.24) is 9.97 Å². The molecule has 1 aromatic heterocycles. The Balaban J connectivity index is 1.82. The van der Waals surface area contributed by atoms with Crippen LogP contribution < -0.4 is 10.5 Å². The number of phenolic OH excluding ortho intramolecular Hbond substituents is 1. The number of aromatic hydroxyl groups is 1. The quantitative estimate of drug-likeness (QED) is 0.670. The Bertz CT molecular complexity index is 963. The molecule has 9 heteroatoms. The van der Waals surface area contributed by atoms with E-state index in [0.29, 0.717) is 10.8 Å². The number of anilines is 1. The Morgan fingerprint density at radius 2 is 1.74 bits per heavy atom. The molecule has 5 nitrogen and oxygen atoms in total. The summed E-state index contributed by atoms with van der Waals surface area (Å²) in [6.07, 6.45) is -4.68. The van der Waals surface area contributed by atoms with Gasteiger partial charge in [-0.15, -0.1) is 0 Å². The SMILES string of the molecule is Nc1nc(-c2ccc(OCc3ccc(Cl)cc3)cc2O)cc(C(F)(F)F)n1. The Morgan fingerprint density at radius 1 is 1.04 bits per heavy atom. The maximum absolute atomic E-state index is 12.9. The molecule has 27 heavy (non-hydrogen) atoms. The van der Waals surface area contributed by atoms with Crippen LogP contribution >= 0.6 is 11.6 Å². The maximum Gasteiger partial charge on any atom is 0.433 e. The van der Waals surface area contributed by atoms with Crippen molar-refractivity contribution < 1.29 is 23.0 Å². The van der Waals surface area contributed by atoms with Crippen LogP contribution in [-0.4, -0.2) is 15.1 Å². The molecule has 2 aromatic carbocycles. The number of benzene rings is 2. The number of nitrogens with two attached hydrogens (primary N) is 1. The van der Waals surface area contributed by atoms with E-state index in [-0.39, 0.29) is 23.6 Å². The van der Waals surface area contributed by atoms with Gasteiger partial charge in [0.1, 0.15) is 18.1 Å². The first-order valence-corrected chi connectivity index (χ1v) is 8.02. The van der Waals surface area contributed by atoms with E-state index in [1.807, 2.05) is 0 Å². The van der Waals surface area contributed by atoms with Crippen molar-refractivity contribution in [2.45, 2.75) is 12.8 Å². The Morgan fingerprint density at radius 3 is 2.37 bits per heavy atom. The number of alkyl halides is 3. The third kappa shape index (κ3) is 4.59. The summed E-state index contributed by atoms with van der Waals surface area (Å²) in [6.45, 7) is 0.231. The number of ether oxygens (including phenoxy) is 1. The highest BCUT2D eigenvalue weighted by atomic mass is 35.5. The number of hydrogen-bond donors (Lipinski definition) is 2. The van der Waals surface area contributed by atoms with Gasteiger partial charge in [0.15, 0.2) is 5.69 Å². The van der Waals surface area contributed by atoms with Crippen LogP contribution in [0.15, 0.2) is 48.5 Å². The number of rotatable bonds is 4.